The second-order valence-corrected chi connectivity index (χ2v) is 4.85. The van der Waals surface area contributed by atoms with Gasteiger partial charge in [0.2, 0.25) is 0 Å². The van der Waals surface area contributed by atoms with Crippen molar-refractivity contribution < 1.29 is 0 Å². The van der Waals surface area contributed by atoms with Crippen LogP contribution in [-0.2, 0) is 0 Å². The Morgan fingerprint density at radius 3 is 2.82 bits per heavy atom. The van der Waals surface area contributed by atoms with Gasteiger partial charge >= 0.3 is 0 Å². The summed E-state index contributed by atoms with van der Waals surface area (Å²) in [5, 5.41) is 0. The fourth-order valence-corrected chi connectivity index (χ4v) is 2.60. The summed E-state index contributed by atoms with van der Waals surface area (Å²) in [5.41, 5.74) is 6.13. The average molecular weight is 236 g/mol. The number of aromatic amines is 1. The Labute approximate surface area is 101 Å². The van der Waals surface area contributed by atoms with Gasteiger partial charge < -0.3 is 15.6 Å². The minimum atomic E-state index is -0.250. The molecule has 1 aromatic rings. The predicted molar refractivity (Wildman–Crippen MR) is 69.1 cm³/mol. The van der Waals surface area contributed by atoms with Crippen LogP contribution in [0.2, 0.25) is 0 Å². The summed E-state index contributed by atoms with van der Waals surface area (Å²) >= 11 is 0. The highest BCUT2D eigenvalue weighted by atomic mass is 16.1. The maximum absolute atomic E-state index is 11.4. The van der Waals surface area contributed by atoms with Crippen molar-refractivity contribution in [2.75, 3.05) is 23.7 Å². The normalized spacial score (nSPS) is 18.6. The van der Waals surface area contributed by atoms with Crippen molar-refractivity contribution in [2.45, 2.75) is 33.1 Å². The summed E-state index contributed by atoms with van der Waals surface area (Å²) in [7, 11) is 0. The first-order valence-corrected chi connectivity index (χ1v) is 6.20. The van der Waals surface area contributed by atoms with Crippen LogP contribution in [0, 0.1) is 5.41 Å². The predicted octanol–water partition coefficient (Wildman–Crippen LogP) is 1.37. The van der Waals surface area contributed by atoms with Crippen molar-refractivity contribution in [3.05, 3.63) is 16.7 Å². The number of rotatable bonds is 3. The lowest BCUT2D eigenvalue weighted by molar-refractivity contribution is 0.301. The van der Waals surface area contributed by atoms with E-state index in [0.29, 0.717) is 11.2 Å². The van der Waals surface area contributed by atoms with Gasteiger partial charge in [-0.1, -0.05) is 13.8 Å². The molecule has 0 amide bonds. The van der Waals surface area contributed by atoms with E-state index in [4.69, 9.17) is 5.73 Å². The molecule has 1 saturated heterocycles. The maximum Gasteiger partial charge on any atom is 0.276 e. The Hall–Kier alpha value is -1.52. The van der Waals surface area contributed by atoms with Crippen LogP contribution < -0.4 is 16.2 Å². The highest BCUT2D eigenvalue weighted by molar-refractivity contribution is 5.61. The third-order valence-electron chi connectivity index (χ3n) is 4.11. The third kappa shape index (κ3) is 2.01. The monoisotopic (exact) mass is 236 g/mol. The quantitative estimate of drug-likeness (QED) is 0.831. The van der Waals surface area contributed by atoms with Crippen molar-refractivity contribution in [3.63, 3.8) is 0 Å². The molecule has 0 radical (unpaired) electrons. The summed E-state index contributed by atoms with van der Waals surface area (Å²) in [5.74, 6) is 0.637. The number of hydrogen-bond donors (Lipinski definition) is 2. The van der Waals surface area contributed by atoms with Crippen LogP contribution in [0.25, 0.3) is 0 Å². The minimum absolute atomic E-state index is 0.232. The van der Waals surface area contributed by atoms with E-state index in [-0.39, 0.29) is 11.2 Å². The number of nitrogen functional groups attached to an aromatic ring is 1. The molecule has 3 N–H and O–H groups in total. The fraction of sp³-hybridized carbons (Fsp3) is 0.667. The van der Waals surface area contributed by atoms with E-state index >= 15 is 0 Å². The van der Waals surface area contributed by atoms with Crippen molar-refractivity contribution in [2.24, 2.45) is 5.41 Å². The van der Waals surface area contributed by atoms with E-state index < -0.39 is 0 Å². The molecule has 0 aliphatic carbocycles. The SMILES string of the molecule is CCC1(CC)CCN(c2nc[nH]c(=O)c2N)C1. The molecule has 2 heterocycles. The van der Waals surface area contributed by atoms with Gasteiger partial charge in [-0.25, -0.2) is 4.98 Å². The van der Waals surface area contributed by atoms with E-state index in [1.54, 1.807) is 0 Å². The number of nitrogens with one attached hydrogen (secondary N) is 1. The number of aromatic nitrogens is 2. The van der Waals surface area contributed by atoms with E-state index in [0.717, 1.165) is 32.4 Å². The van der Waals surface area contributed by atoms with Crippen molar-refractivity contribution >= 4 is 11.5 Å². The average Bonchev–Trinajstić information content (AvgIpc) is 2.78. The molecule has 94 valence electrons. The molecule has 0 aromatic carbocycles. The molecule has 1 fully saturated rings. The standard InChI is InChI=1S/C12H20N4O/c1-3-12(4-2)5-6-16(7-12)10-9(13)11(17)15-8-14-10/h8H,3-7,13H2,1-2H3,(H,14,15,17). The molecule has 0 saturated carbocycles. The summed E-state index contributed by atoms with van der Waals surface area (Å²) in [6, 6.07) is 0. The zero-order chi connectivity index (χ0) is 12.5. The lowest BCUT2D eigenvalue weighted by Crippen LogP contribution is -2.29. The number of nitrogens with zero attached hydrogens (tertiary/aromatic N) is 2. The molecular formula is C12H20N4O. The van der Waals surface area contributed by atoms with E-state index in [1.807, 2.05) is 0 Å². The molecule has 2 rings (SSSR count). The number of anilines is 2. The number of H-pyrrole nitrogens is 1. The number of hydrogen-bond acceptors (Lipinski definition) is 4. The fourth-order valence-electron chi connectivity index (χ4n) is 2.60. The van der Waals surface area contributed by atoms with Crippen LogP contribution in [-0.4, -0.2) is 23.1 Å². The van der Waals surface area contributed by atoms with Crippen LogP contribution >= 0.6 is 0 Å². The topological polar surface area (TPSA) is 75.0 Å². The molecule has 1 aromatic heterocycles. The van der Waals surface area contributed by atoms with Crippen molar-refractivity contribution in [1.82, 2.24) is 9.97 Å². The van der Waals surface area contributed by atoms with Gasteiger partial charge in [0.1, 0.15) is 5.69 Å². The second-order valence-electron chi connectivity index (χ2n) is 4.85. The Morgan fingerprint density at radius 2 is 2.24 bits per heavy atom. The molecule has 17 heavy (non-hydrogen) atoms. The lowest BCUT2D eigenvalue weighted by Gasteiger charge is -2.26. The maximum atomic E-state index is 11.4. The van der Waals surface area contributed by atoms with Gasteiger partial charge in [0.15, 0.2) is 5.82 Å². The Kier molecular flexibility index (Phi) is 3.09. The van der Waals surface area contributed by atoms with Crippen LogP contribution in [0.5, 0.6) is 0 Å². The summed E-state index contributed by atoms with van der Waals surface area (Å²) in [6.07, 6.45) is 4.88. The zero-order valence-corrected chi connectivity index (χ0v) is 10.5. The summed E-state index contributed by atoms with van der Waals surface area (Å²) in [6.45, 7) is 6.33. The molecular weight excluding hydrogens is 216 g/mol. The molecule has 1 aliphatic rings. The lowest BCUT2D eigenvalue weighted by atomic mass is 9.82. The zero-order valence-electron chi connectivity index (χ0n) is 10.5. The van der Waals surface area contributed by atoms with Crippen LogP contribution in [0.1, 0.15) is 33.1 Å². The molecule has 0 atom stereocenters. The molecule has 5 heteroatoms. The van der Waals surface area contributed by atoms with Crippen LogP contribution in [0.15, 0.2) is 11.1 Å². The smallest absolute Gasteiger partial charge is 0.276 e. The van der Waals surface area contributed by atoms with Gasteiger partial charge in [-0.3, -0.25) is 4.79 Å². The van der Waals surface area contributed by atoms with Crippen LogP contribution in [0.3, 0.4) is 0 Å². The van der Waals surface area contributed by atoms with Gasteiger partial charge in [-0.15, -0.1) is 0 Å². The van der Waals surface area contributed by atoms with Gasteiger partial charge in [0.05, 0.1) is 6.33 Å². The first-order chi connectivity index (χ1) is 8.12. The largest absolute Gasteiger partial charge is 0.391 e. The molecule has 5 nitrogen and oxygen atoms in total. The van der Waals surface area contributed by atoms with Crippen LogP contribution in [0.4, 0.5) is 11.5 Å². The molecule has 1 aliphatic heterocycles. The van der Waals surface area contributed by atoms with E-state index in [1.165, 1.54) is 6.33 Å². The minimum Gasteiger partial charge on any atom is -0.391 e. The first kappa shape index (κ1) is 12.0. The van der Waals surface area contributed by atoms with Crippen molar-refractivity contribution in [1.29, 1.82) is 0 Å². The van der Waals surface area contributed by atoms with Gasteiger partial charge in [0, 0.05) is 13.1 Å². The molecule has 0 bridgehead atoms. The highest BCUT2D eigenvalue weighted by Gasteiger charge is 2.36. The van der Waals surface area contributed by atoms with Crippen molar-refractivity contribution in [3.8, 4) is 0 Å². The van der Waals surface area contributed by atoms with E-state index in [2.05, 4.69) is 28.7 Å². The van der Waals surface area contributed by atoms with Gasteiger partial charge in [0.25, 0.3) is 5.56 Å². The number of nitrogens with two attached hydrogens (primary N) is 1. The van der Waals surface area contributed by atoms with Gasteiger partial charge in [-0.05, 0) is 24.7 Å². The molecule has 0 unspecified atom stereocenters. The Bertz CT molecular complexity index is 450. The summed E-state index contributed by atoms with van der Waals surface area (Å²) < 4.78 is 0. The summed E-state index contributed by atoms with van der Waals surface area (Å²) in [4.78, 5) is 20.3. The van der Waals surface area contributed by atoms with Gasteiger partial charge in [-0.2, -0.15) is 0 Å². The Balaban J connectivity index is 2.26. The highest BCUT2D eigenvalue weighted by Crippen LogP contribution is 2.39. The second kappa shape index (κ2) is 4.39. The molecule has 0 spiro atoms. The Morgan fingerprint density at radius 1 is 1.53 bits per heavy atom. The first-order valence-electron chi connectivity index (χ1n) is 6.20. The van der Waals surface area contributed by atoms with E-state index in [9.17, 15) is 4.79 Å². The third-order valence-corrected chi connectivity index (χ3v) is 4.11.